The van der Waals surface area contributed by atoms with Crippen molar-refractivity contribution in [2.45, 2.75) is 33.1 Å². The Bertz CT molecular complexity index is 1050. The summed E-state index contributed by atoms with van der Waals surface area (Å²) in [6, 6.07) is 7.20. The number of hydrogen-bond acceptors (Lipinski definition) is 6. The summed E-state index contributed by atoms with van der Waals surface area (Å²) in [6.07, 6.45) is 2.77. The van der Waals surface area contributed by atoms with Crippen LogP contribution in [0, 0.1) is 0 Å². The molecule has 0 radical (unpaired) electrons. The molecule has 0 aliphatic heterocycles. The lowest BCUT2D eigenvalue weighted by atomic mass is 10.1. The molecule has 0 atom stereocenters. The maximum Gasteiger partial charge on any atom is 0.341 e. The van der Waals surface area contributed by atoms with Gasteiger partial charge < -0.3 is 19.2 Å². The van der Waals surface area contributed by atoms with Crippen LogP contribution in [0.5, 0.6) is 5.75 Å². The van der Waals surface area contributed by atoms with E-state index >= 15 is 0 Å². The number of benzene rings is 1. The summed E-state index contributed by atoms with van der Waals surface area (Å²) in [4.78, 5) is 26.4. The van der Waals surface area contributed by atoms with Crippen LogP contribution in [0.15, 0.2) is 28.7 Å². The molecule has 1 aromatic carbocycles. The van der Waals surface area contributed by atoms with Crippen molar-refractivity contribution in [3.8, 4) is 5.75 Å². The van der Waals surface area contributed by atoms with Gasteiger partial charge in [-0.3, -0.25) is 4.79 Å². The van der Waals surface area contributed by atoms with Crippen molar-refractivity contribution in [2.75, 3.05) is 18.5 Å². The van der Waals surface area contributed by atoms with Crippen LogP contribution in [0.2, 0.25) is 0 Å². The molecule has 7 heteroatoms. The van der Waals surface area contributed by atoms with Gasteiger partial charge in [-0.1, -0.05) is 12.1 Å². The second-order valence-corrected chi connectivity index (χ2v) is 7.56. The molecule has 2 aromatic heterocycles. The molecule has 1 aliphatic carbocycles. The molecule has 1 aliphatic rings. The number of carbonyl (C=O) groups excluding carboxylic acids is 2. The lowest BCUT2D eigenvalue weighted by Gasteiger charge is -2.07. The van der Waals surface area contributed by atoms with E-state index in [0.29, 0.717) is 35.1 Å². The van der Waals surface area contributed by atoms with E-state index in [1.807, 2.05) is 19.1 Å². The summed E-state index contributed by atoms with van der Waals surface area (Å²) in [6.45, 7) is 4.46. The van der Waals surface area contributed by atoms with Crippen molar-refractivity contribution in [1.82, 2.24) is 0 Å². The smallest absolute Gasteiger partial charge is 0.341 e. The van der Waals surface area contributed by atoms with E-state index in [1.165, 1.54) is 11.3 Å². The van der Waals surface area contributed by atoms with Gasteiger partial charge in [-0.25, -0.2) is 4.79 Å². The van der Waals surface area contributed by atoms with Gasteiger partial charge in [-0.15, -0.1) is 11.3 Å². The third-order valence-corrected chi connectivity index (χ3v) is 5.87. The molecular weight excluding hydrogens is 378 g/mol. The van der Waals surface area contributed by atoms with Crippen LogP contribution in [0.25, 0.3) is 11.0 Å². The van der Waals surface area contributed by atoms with Crippen LogP contribution < -0.4 is 10.1 Å². The summed E-state index contributed by atoms with van der Waals surface area (Å²) in [5.41, 5.74) is 2.02. The second kappa shape index (κ2) is 7.67. The van der Waals surface area contributed by atoms with Crippen molar-refractivity contribution in [3.63, 3.8) is 0 Å². The van der Waals surface area contributed by atoms with E-state index in [9.17, 15) is 9.59 Å². The highest BCUT2D eigenvalue weighted by atomic mass is 32.1. The van der Waals surface area contributed by atoms with Crippen LogP contribution in [-0.2, 0) is 17.6 Å². The number of anilines is 1. The number of amides is 1. The number of aryl methyl sites for hydroxylation is 1. The molecule has 2 heterocycles. The molecule has 0 saturated carbocycles. The van der Waals surface area contributed by atoms with Crippen molar-refractivity contribution in [3.05, 3.63) is 46.0 Å². The Morgan fingerprint density at radius 3 is 2.86 bits per heavy atom. The quantitative estimate of drug-likeness (QED) is 0.602. The average molecular weight is 399 g/mol. The van der Waals surface area contributed by atoms with Gasteiger partial charge in [0.1, 0.15) is 5.00 Å². The zero-order valence-corrected chi connectivity index (χ0v) is 16.6. The molecule has 3 aromatic rings. The highest BCUT2D eigenvalue weighted by molar-refractivity contribution is 7.17. The minimum absolute atomic E-state index is 0.172. The van der Waals surface area contributed by atoms with Crippen molar-refractivity contribution >= 4 is 39.2 Å². The number of rotatable bonds is 6. The summed E-state index contributed by atoms with van der Waals surface area (Å²) < 4.78 is 16.5. The lowest BCUT2D eigenvalue weighted by molar-refractivity contribution is 0.0527. The molecule has 0 fully saturated rings. The van der Waals surface area contributed by atoms with Crippen molar-refractivity contribution in [1.29, 1.82) is 0 Å². The number of ether oxygens (including phenoxy) is 2. The van der Waals surface area contributed by atoms with Crippen LogP contribution in [-0.4, -0.2) is 25.1 Å². The van der Waals surface area contributed by atoms with Crippen LogP contribution in [0.3, 0.4) is 0 Å². The summed E-state index contributed by atoms with van der Waals surface area (Å²) in [5, 5.41) is 4.17. The Labute approximate surface area is 166 Å². The Hall–Kier alpha value is -2.80. The van der Waals surface area contributed by atoms with Crippen LogP contribution >= 0.6 is 11.3 Å². The molecule has 0 bridgehead atoms. The number of thiophene rings is 1. The highest BCUT2D eigenvalue weighted by Crippen LogP contribution is 2.40. The highest BCUT2D eigenvalue weighted by Gasteiger charge is 2.29. The predicted octanol–water partition coefficient (Wildman–Crippen LogP) is 4.81. The Morgan fingerprint density at radius 2 is 2.07 bits per heavy atom. The Balaban J connectivity index is 1.65. The van der Waals surface area contributed by atoms with E-state index in [-0.39, 0.29) is 11.7 Å². The Kier molecular flexibility index (Phi) is 5.09. The number of hydrogen-bond donors (Lipinski definition) is 1. The summed E-state index contributed by atoms with van der Waals surface area (Å²) in [7, 11) is 0. The van der Waals surface area contributed by atoms with E-state index in [1.54, 1.807) is 19.1 Å². The molecule has 1 N–H and O–H groups in total. The maximum absolute atomic E-state index is 12.8. The first-order chi connectivity index (χ1) is 13.6. The van der Waals surface area contributed by atoms with E-state index < -0.39 is 5.91 Å². The minimum atomic E-state index is -0.399. The maximum atomic E-state index is 12.8. The van der Waals surface area contributed by atoms with E-state index in [2.05, 4.69) is 5.32 Å². The first-order valence-electron chi connectivity index (χ1n) is 9.40. The van der Waals surface area contributed by atoms with Gasteiger partial charge in [0.25, 0.3) is 5.91 Å². The van der Waals surface area contributed by atoms with Gasteiger partial charge in [0.15, 0.2) is 17.1 Å². The van der Waals surface area contributed by atoms with Crippen molar-refractivity contribution < 1.29 is 23.5 Å². The van der Waals surface area contributed by atoms with Gasteiger partial charge in [0, 0.05) is 10.3 Å². The molecule has 146 valence electrons. The van der Waals surface area contributed by atoms with Crippen molar-refractivity contribution in [2.24, 2.45) is 0 Å². The molecule has 28 heavy (non-hydrogen) atoms. The first kappa shape index (κ1) is 18.6. The molecule has 6 nitrogen and oxygen atoms in total. The molecule has 0 saturated heterocycles. The van der Waals surface area contributed by atoms with Gasteiger partial charge in [-0.2, -0.15) is 0 Å². The minimum Gasteiger partial charge on any atom is -0.490 e. The zero-order chi connectivity index (χ0) is 19.7. The number of para-hydroxylation sites is 1. The monoisotopic (exact) mass is 399 g/mol. The number of fused-ring (bicyclic) bond motifs is 2. The number of carbonyl (C=O) groups is 2. The summed E-state index contributed by atoms with van der Waals surface area (Å²) in [5.74, 6) is -0.0172. The fraction of sp³-hybridized carbons (Fsp3) is 0.333. The predicted molar refractivity (Wildman–Crippen MR) is 108 cm³/mol. The Morgan fingerprint density at radius 1 is 1.21 bits per heavy atom. The number of nitrogens with one attached hydrogen (secondary N) is 1. The molecule has 4 rings (SSSR count). The van der Waals surface area contributed by atoms with Gasteiger partial charge in [0.05, 0.1) is 18.8 Å². The normalized spacial score (nSPS) is 12.8. The van der Waals surface area contributed by atoms with Gasteiger partial charge in [-0.05, 0) is 50.8 Å². The van der Waals surface area contributed by atoms with Gasteiger partial charge >= 0.3 is 5.97 Å². The third kappa shape index (κ3) is 3.26. The van der Waals surface area contributed by atoms with E-state index in [0.717, 1.165) is 35.1 Å². The second-order valence-electron chi connectivity index (χ2n) is 6.45. The largest absolute Gasteiger partial charge is 0.490 e. The van der Waals surface area contributed by atoms with Crippen LogP contribution in [0.1, 0.15) is 51.6 Å². The topological polar surface area (TPSA) is 77.8 Å². The molecule has 0 spiro atoms. The fourth-order valence-corrected chi connectivity index (χ4v) is 4.77. The number of esters is 1. The SMILES string of the molecule is CCOC(=O)c1c(NC(=O)c2cc3cccc(OCC)c3o2)sc2c1CCC2. The first-order valence-corrected chi connectivity index (χ1v) is 10.2. The lowest BCUT2D eigenvalue weighted by Crippen LogP contribution is -2.14. The van der Waals surface area contributed by atoms with Gasteiger partial charge in [0.2, 0.25) is 0 Å². The third-order valence-electron chi connectivity index (χ3n) is 4.66. The standard InChI is InChI=1S/C21H21NO5S/c1-3-25-14-9-5-7-12-11-15(27-18(12)14)19(23)22-20-17(21(24)26-4-2)13-8-6-10-16(13)28-20/h5,7,9,11H,3-4,6,8,10H2,1-2H3,(H,22,23). The van der Waals surface area contributed by atoms with Crippen LogP contribution in [0.4, 0.5) is 5.00 Å². The fourth-order valence-electron chi connectivity index (χ4n) is 3.49. The zero-order valence-electron chi connectivity index (χ0n) is 15.8. The average Bonchev–Trinajstić information content (AvgIpc) is 3.36. The summed E-state index contributed by atoms with van der Waals surface area (Å²) >= 11 is 1.44. The molecular formula is C21H21NO5S. The molecule has 0 unspecified atom stereocenters. The molecule has 1 amide bonds. The van der Waals surface area contributed by atoms with E-state index in [4.69, 9.17) is 13.9 Å². The number of furan rings is 1.